The Hall–Kier alpha value is -2.18. The molecule has 0 saturated carbocycles. The van der Waals surface area contributed by atoms with Crippen LogP contribution in [0.5, 0.6) is 0 Å². The van der Waals surface area contributed by atoms with E-state index in [0.717, 1.165) is 38.8 Å². The quantitative estimate of drug-likeness (QED) is 0.814. The number of nitrogens with two attached hydrogens (primary N) is 1. The van der Waals surface area contributed by atoms with Gasteiger partial charge in [0, 0.05) is 25.5 Å². The van der Waals surface area contributed by atoms with Crippen molar-refractivity contribution < 1.29 is 14.3 Å². The molecule has 0 bridgehead atoms. The molecular formula is C13H18N4O3. The van der Waals surface area contributed by atoms with Crippen molar-refractivity contribution in [2.24, 2.45) is 0 Å². The lowest BCUT2D eigenvalue weighted by Crippen LogP contribution is -2.35. The van der Waals surface area contributed by atoms with Crippen LogP contribution in [0.1, 0.15) is 36.2 Å². The van der Waals surface area contributed by atoms with E-state index in [-0.39, 0.29) is 24.0 Å². The summed E-state index contributed by atoms with van der Waals surface area (Å²) in [5.74, 6) is -0.902. The summed E-state index contributed by atoms with van der Waals surface area (Å²) in [6.07, 6.45) is 7.01. The predicted octanol–water partition coefficient (Wildman–Crippen LogP) is 0.618. The summed E-state index contributed by atoms with van der Waals surface area (Å²) in [4.78, 5) is 33.0. The van der Waals surface area contributed by atoms with Gasteiger partial charge in [0.1, 0.15) is 0 Å². The van der Waals surface area contributed by atoms with Crippen LogP contribution in [0.25, 0.3) is 0 Å². The van der Waals surface area contributed by atoms with Gasteiger partial charge in [-0.05, 0) is 12.8 Å². The highest BCUT2D eigenvalue weighted by molar-refractivity contribution is 5.93. The molecule has 7 heteroatoms. The fourth-order valence-corrected chi connectivity index (χ4v) is 2.11. The Labute approximate surface area is 117 Å². The van der Waals surface area contributed by atoms with Crippen LogP contribution < -0.4 is 5.73 Å². The van der Waals surface area contributed by atoms with Gasteiger partial charge in [0.05, 0.1) is 0 Å². The summed E-state index contributed by atoms with van der Waals surface area (Å²) in [6.45, 7) is 1.17. The fourth-order valence-electron chi connectivity index (χ4n) is 2.11. The van der Waals surface area contributed by atoms with Gasteiger partial charge in [-0.2, -0.15) is 0 Å². The Bertz CT molecular complexity index is 484. The van der Waals surface area contributed by atoms with E-state index >= 15 is 0 Å². The number of esters is 1. The van der Waals surface area contributed by atoms with E-state index in [0.29, 0.717) is 0 Å². The van der Waals surface area contributed by atoms with Gasteiger partial charge in [0.2, 0.25) is 0 Å². The van der Waals surface area contributed by atoms with Crippen molar-refractivity contribution in [3.63, 3.8) is 0 Å². The molecule has 2 heterocycles. The molecule has 0 radical (unpaired) electrons. The summed E-state index contributed by atoms with van der Waals surface area (Å²) in [5, 5.41) is 0. The van der Waals surface area contributed by atoms with Crippen LogP contribution in [-0.2, 0) is 9.53 Å². The smallest absolute Gasteiger partial charge is 0.361 e. The minimum absolute atomic E-state index is 0.000258. The monoisotopic (exact) mass is 278 g/mol. The maximum atomic E-state index is 12.0. The summed E-state index contributed by atoms with van der Waals surface area (Å²) in [6, 6.07) is 0. The maximum Gasteiger partial charge on any atom is 0.361 e. The zero-order chi connectivity index (χ0) is 14.4. The number of carbonyl (C=O) groups excluding carboxylic acids is 2. The number of likely N-dealkylation sites (tertiary alicyclic amines) is 1. The van der Waals surface area contributed by atoms with Crippen LogP contribution in [0.4, 0.5) is 5.82 Å². The third kappa shape index (κ3) is 3.66. The second kappa shape index (κ2) is 6.83. The van der Waals surface area contributed by atoms with E-state index in [1.54, 1.807) is 4.90 Å². The number of carbonyl (C=O) groups is 2. The van der Waals surface area contributed by atoms with Gasteiger partial charge in [-0.15, -0.1) is 0 Å². The lowest BCUT2D eigenvalue weighted by atomic mass is 10.2. The number of hydrogen-bond donors (Lipinski definition) is 1. The van der Waals surface area contributed by atoms with Gasteiger partial charge in [0.15, 0.2) is 18.1 Å². The molecule has 0 aliphatic carbocycles. The molecule has 0 atom stereocenters. The molecule has 7 nitrogen and oxygen atoms in total. The predicted molar refractivity (Wildman–Crippen MR) is 71.8 cm³/mol. The first kappa shape index (κ1) is 14.2. The van der Waals surface area contributed by atoms with Crippen molar-refractivity contribution in [1.82, 2.24) is 14.9 Å². The minimum Gasteiger partial charge on any atom is -0.451 e. The summed E-state index contributed by atoms with van der Waals surface area (Å²) >= 11 is 0. The zero-order valence-corrected chi connectivity index (χ0v) is 11.2. The average molecular weight is 278 g/mol. The number of nitrogens with zero attached hydrogens (tertiary/aromatic N) is 3. The molecule has 1 fully saturated rings. The third-order valence-electron chi connectivity index (χ3n) is 3.21. The molecule has 108 valence electrons. The third-order valence-corrected chi connectivity index (χ3v) is 3.21. The Morgan fingerprint density at radius 2 is 1.80 bits per heavy atom. The molecular weight excluding hydrogens is 260 g/mol. The summed E-state index contributed by atoms with van der Waals surface area (Å²) in [5.41, 5.74) is 5.46. The van der Waals surface area contributed by atoms with Gasteiger partial charge in [0.25, 0.3) is 5.91 Å². The molecule has 1 aliphatic rings. The van der Waals surface area contributed by atoms with Crippen LogP contribution in [-0.4, -0.2) is 46.4 Å². The molecule has 20 heavy (non-hydrogen) atoms. The molecule has 2 N–H and O–H groups in total. The van der Waals surface area contributed by atoms with Crippen LogP contribution >= 0.6 is 0 Å². The number of ether oxygens (including phenoxy) is 1. The zero-order valence-electron chi connectivity index (χ0n) is 11.2. The van der Waals surface area contributed by atoms with E-state index in [9.17, 15) is 9.59 Å². The fraction of sp³-hybridized carbons (Fsp3) is 0.538. The largest absolute Gasteiger partial charge is 0.451 e. The van der Waals surface area contributed by atoms with Gasteiger partial charge in [-0.1, -0.05) is 12.8 Å². The highest BCUT2D eigenvalue weighted by atomic mass is 16.5. The van der Waals surface area contributed by atoms with E-state index < -0.39 is 5.97 Å². The molecule has 2 rings (SSSR count). The second-order valence-corrected chi connectivity index (χ2v) is 4.66. The summed E-state index contributed by atoms with van der Waals surface area (Å²) < 4.78 is 4.95. The summed E-state index contributed by atoms with van der Waals surface area (Å²) in [7, 11) is 0. The maximum absolute atomic E-state index is 12.0. The second-order valence-electron chi connectivity index (χ2n) is 4.66. The van der Waals surface area contributed by atoms with Crippen LogP contribution in [0.15, 0.2) is 12.4 Å². The number of nitrogen functional groups attached to an aromatic ring is 1. The highest BCUT2D eigenvalue weighted by Gasteiger charge is 2.19. The SMILES string of the molecule is Nc1nccnc1C(=O)OCC(=O)N1CCCCCC1. The first-order valence-electron chi connectivity index (χ1n) is 6.70. The van der Waals surface area contributed by atoms with Crippen molar-refractivity contribution in [2.75, 3.05) is 25.4 Å². The number of amides is 1. The van der Waals surface area contributed by atoms with Crippen molar-refractivity contribution in [3.8, 4) is 0 Å². The van der Waals surface area contributed by atoms with E-state index in [2.05, 4.69) is 9.97 Å². The van der Waals surface area contributed by atoms with E-state index in [4.69, 9.17) is 10.5 Å². The van der Waals surface area contributed by atoms with Gasteiger partial charge in [-0.25, -0.2) is 14.8 Å². The van der Waals surface area contributed by atoms with E-state index in [1.807, 2.05) is 0 Å². The number of aromatic nitrogens is 2. The highest BCUT2D eigenvalue weighted by Crippen LogP contribution is 2.10. The molecule has 1 aromatic heterocycles. The first-order chi connectivity index (χ1) is 9.68. The lowest BCUT2D eigenvalue weighted by molar-refractivity contribution is -0.134. The van der Waals surface area contributed by atoms with Gasteiger partial charge in [-0.3, -0.25) is 4.79 Å². The molecule has 1 saturated heterocycles. The molecule has 1 aromatic rings. The van der Waals surface area contributed by atoms with Crippen molar-refractivity contribution in [2.45, 2.75) is 25.7 Å². The minimum atomic E-state index is -0.723. The Balaban J connectivity index is 1.86. The Morgan fingerprint density at radius 1 is 1.15 bits per heavy atom. The lowest BCUT2D eigenvalue weighted by Gasteiger charge is -2.19. The topological polar surface area (TPSA) is 98.4 Å². The van der Waals surface area contributed by atoms with E-state index in [1.165, 1.54) is 12.4 Å². The average Bonchev–Trinajstić information content (AvgIpc) is 2.74. The number of hydrogen-bond acceptors (Lipinski definition) is 6. The van der Waals surface area contributed by atoms with Crippen LogP contribution in [0, 0.1) is 0 Å². The van der Waals surface area contributed by atoms with Crippen LogP contribution in [0.3, 0.4) is 0 Å². The Kier molecular flexibility index (Phi) is 4.86. The molecule has 0 spiro atoms. The molecule has 0 aromatic carbocycles. The normalized spacial score (nSPS) is 15.5. The van der Waals surface area contributed by atoms with Crippen molar-refractivity contribution in [1.29, 1.82) is 0 Å². The Morgan fingerprint density at radius 3 is 2.45 bits per heavy atom. The van der Waals surface area contributed by atoms with Crippen LogP contribution in [0.2, 0.25) is 0 Å². The molecule has 1 aliphatic heterocycles. The molecule has 0 unspecified atom stereocenters. The standard InChI is InChI=1S/C13H18N4O3/c14-12-11(15-5-6-16-12)13(19)20-9-10(18)17-7-3-1-2-4-8-17/h5-6H,1-4,7-9H2,(H2,14,16). The van der Waals surface area contributed by atoms with Crippen molar-refractivity contribution >= 4 is 17.7 Å². The molecule has 1 amide bonds. The van der Waals surface area contributed by atoms with Gasteiger partial charge < -0.3 is 15.4 Å². The van der Waals surface area contributed by atoms with Gasteiger partial charge >= 0.3 is 5.97 Å². The first-order valence-corrected chi connectivity index (χ1v) is 6.70. The number of anilines is 1. The van der Waals surface area contributed by atoms with Crippen molar-refractivity contribution in [3.05, 3.63) is 18.1 Å². The number of rotatable bonds is 3.